The van der Waals surface area contributed by atoms with Crippen LogP contribution in [0.2, 0.25) is 0 Å². The zero-order valence-electron chi connectivity index (χ0n) is 22.1. The molecule has 37 heavy (non-hydrogen) atoms. The van der Waals surface area contributed by atoms with Gasteiger partial charge in [0.2, 0.25) is 0 Å². The van der Waals surface area contributed by atoms with E-state index in [9.17, 15) is 9.90 Å². The number of anilines is 1. The van der Waals surface area contributed by atoms with Crippen molar-refractivity contribution in [1.29, 1.82) is 0 Å². The van der Waals surface area contributed by atoms with Crippen LogP contribution < -0.4 is 20.5 Å². The van der Waals surface area contributed by atoms with Crippen LogP contribution in [0.4, 0.5) is 5.69 Å². The average molecular weight is 507 g/mol. The summed E-state index contributed by atoms with van der Waals surface area (Å²) in [7, 11) is 0. The largest absolute Gasteiger partial charge is 0.506 e. The summed E-state index contributed by atoms with van der Waals surface area (Å²) in [4.78, 5) is 12.9. The van der Waals surface area contributed by atoms with Crippen LogP contribution in [0.3, 0.4) is 0 Å². The maximum absolute atomic E-state index is 12.9. The minimum absolute atomic E-state index is 0.0263. The van der Waals surface area contributed by atoms with E-state index in [4.69, 9.17) is 15.2 Å². The molecular weight excluding hydrogens is 464 g/mol. The number of carbonyl (C=O) groups is 1. The summed E-state index contributed by atoms with van der Waals surface area (Å²) in [5, 5.41) is 15.1. The number of hydrogen-bond acceptors (Lipinski definition) is 5. The number of rotatable bonds is 17. The molecule has 3 rings (SSSR count). The maximum atomic E-state index is 12.9. The normalized spacial score (nSPS) is 10.9. The number of carbonyl (C=O) groups excluding carboxylic acids is 1. The van der Waals surface area contributed by atoms with Gasteiger partial charge in [0.05, 0.1) is 5.56 Å². The fraction of sp³-hybridized carbons (Fsp3) is 0.452. The van der Waals surface area contributed by atoms with E-state index in [0.29, 0.717) is 42.3 Å². The molecule has 6 nitrogen and oxygen atoms in total. The van der Waals surface area contributed by atoms with E-state index in [1.54, 1.807) is 24.3 Å². The second-order valence-electron chi connectivity index (χ2n) is 9.52. The fourth-order valence-corrected chi connectivity index (χ4v) is 4.40. The van der Waals surface area contributed by atoms with E-state index in [1.165, 1.54) is 51.4 Å². The summed E-state index contributed by atoms with van der Waals surface area (Å²) < 4.78 is 11.7. The lowest BCUT2D eigenvalue weighted by Gasteiger charge is -2.15. The van der Waals surface area contributed by atoms with Gasteiger partial charge in [0, 0.05) is 23.0 Å². The Kier molecular flexibility index (Phi) is 11.9. The highest BCUT2D eigenvalue weighted by Crippen LogP contribution is 2.36. The quantitative estimate of drug-likeness (QED) is 0.133. The number of fused-ring (bicyclic) bond motifs is 1. The van der Waals surface area contributed by atoms with Gasteiger partial charge < -0.3 is 25.6 Å². The molecule has 3 aromatic carbocycles. The average Bonchev–Trinajstić information content (AvgIpc) is 2.91. The van der Waals surface area contributed by atoms with E-state index in [-0.39, 0.29) is 17.2 Å². The lowest BCUT2D eigenvalue weighted by atomic mass is 10.0. The number of aromatic hydroxyl groups is 1. The van der Waals surface area contributed by atoms with Crippen molar-refractivity contribution >= 4 is 22.4 Å². The molecule has 0 aliphatic heterocycles. The Hall–Kier alpha value is -3.41. The molecule has 0 aromatic heterocycles. The molecule has 3 aromatic rings. The molecule has 0 saturated heterocycles. The topological polar surface area (TPSA) is 93.8 Å². The summed E-state index contributed by atoms with van der Waals surface area (Å²) in [6.07, 6.45) is 12.5. The molecule has 0 bridgehead atoms. The predicted molar refractivity (Wildman–Crippen MR) is 152 cm³/mol. The number of nitrogen functional groups attached to an aromatic ring is 1. The zero-order valence-corrected chi connectivity index (χ0v) is 22.1. The highest BCUT2D eigenvalue weighted by Gasteiger charge is 2.17. The zero-order chi connectivity index (χ0) is 26.3. The molecule has 0 atom stereocenters. The standard InChI is InChI=1S/C31H42N2O4/c1-2-3-4-5-6-7-8-9-10-13-20-33-31(35)28-23-29(26-14-11-12-15-27(26)30(28)34)37-22-21-36-25-18-16-24(32)17-19-25/h11-12,14-19,23,34H,2-10,13,20-22,32H2,1H3,(H,33,35). The van der Waals surface area contributed by atoms with Gasteiger partial charge in [-0.15, -0.1) is 0 Å². The van der Waals surface area contributed by atoms with Crippen LogP contribution in [0, 0.1) is 0 Å². The van der Waals surface area contributed by atoms with Gasteiger partial charge in [0.15, 0.2) is 0 Å². The smallest absolute Gasteiger partial charge is 0.255 e. The number of ether oxygens (including phenoxy) is 2. The minimum atomic E-state index is -0.290. The first-order valence-corrected chi connectivity index (χ1v) is 13.7. The summed E-state index contributed by atoms with van der Waals surface area (Å²) in [6, 6.07) is 16.2. The van der Waals surface area contributed by atoms with Gasteiger partial charge in [0.25, 0.3) is 5.91 Å². The molecule has 1 amide bonds. The van der Waals surface area contributed by atoms with Crippen molar-refractivity contribution < 1.29 is 19.4 Å². The van der Waals surface area contributed by atoms with Gasteiger partial charge in [0.1, 0.15) is 30.5 Å². The van der Waals surface area contributed by atoms with Crippen molar-refractivity contribution in [3.05, 3.63) is 60.2 Å². The number of benzene rings is 3. The SMILES string of the molecule is CCCCCCCCCCCCNC(=O)c1cc(OCCOc2ccc(N)cc2)c2ccccc2c1O. The Morgan fingerprint density at radius 3 is 2.08 bits per heavy atom. The minimum Gasteiger partial charge on any atom is -0.506 e. The molecule has 0 radical (unpaired) electrons. The predicted octanol–water partition coefficient (Wildman–Crippen LogP) is 7.24. The summed E-state index contributed by atoms with van der Waals surface area (Å²) in [6.45, 7) is 3.46. The van der Waals surface area contributed by atoms with E-state index >= 15 is 0 Å². The first-order chi connectivity index (χ1) is 18.1. The van der Waals surface area contributed by atoms with Gasteiger partial charge >= 0.3 is 0 Å². The molecule has 0 aliphatic rings. The van der Waals surface area contributed by atoms with Crippen molar-refractivity contribution in [2.45, 2.75) is 71.1 Å². The fourth-order valence-electron chi connectivity index (χ4n) is 4.40. The van der Waals surface area contributed by atoms with E-state index < -0.39 is 0 Å². The second kappa shape index (κ2) is 15.6. The number of nitrogens with two attached hydrogens (primary N) is 1. The Morgan fingerprint density at radius 1 is 0.811 bits per heavy atom. The highest BCUT2D eigenvalue weighted by molar-refractivity contribution is 6.05. The molecule has 0 saturated carbocycles. The van der Waals surface area contributed by atoms with Crippen LogP contribution in [-0.4, -0.2) is 30.8 Å². The Bertz CT molecular complexity index is 1100. The lowest BCUT2D eigenvalue weighted by molar-refractivity contribution is 0.0950. The van der Waals surface area contributed by atoms with Crippen molar-refractivity contribution in [2.75, 3.05) is 25.5 Å². The van der Waals surface area contributed by atoms with Gasteiger partial charge in [-0.1, -0.05) is 89.0 Å². The van der Waals surface area contributed by atoms with E-state index in [1.807, 2.05) is 30.3 Å². The van der Waals surface area contributed by atoms with Crippen LogP contribution in [0.5, 0.6) is 17.2 Å². The Balaban J connectivity index is 1.47. The molecular formula is C31H42N2O4. The molecule has 0 fully saturated rings. The highest BCUT2D eigenvalue weighted by atomic mass is 16.5. The van der Waals surface area contributed by atoms with Crippen LogP contribution in [0.1, 0.15) is 81.5 Å². The number of phenolic OH excluding ortho intramolecular Hbond substituents is 1. The molecule has 0 unspecified atom stereocenters. The second-order valence-corrected chi connectivity index (χ2v) is 9.52. The molecule has 0 spiro atoms. The van der Waals surface area contributed by atoms with E-state index in [0.717, 1.165) is 18.2 Å². The van der Waals surface area contributed by atoms with Crippen molar-refractivity contribution in [1.82, 2.24) is 5.32 Å². The van der Waals surface area contributed by atoms with Crippen LogP contribution >= 0.6 is 0 Å². The molecule has 0 heterocycles. The maximum Gasteiger partial charge on any atom is 0.255 e. The van der Waals surface area contributed by atoms with Gasteiger partial charge in [-0.3, -0.25) is 4.79 Å². The molecule has 0 aliphatic carbocycles. The monoisotopic (exact) mass is 506 g/mol. The number of hydrogen-bond donors (Lipinski definition) is 3. The number of phenols is 1. The molecule has 6 heteroatoms. The van der Waals surface area contributed by atoms with Gasteiger partial charge in [-0.25, -0.2) is 0 Å². The van der Waals surface area contributed by atoms with Crippen molar-refractivity contribution in [3.63, 3.8) is 0 Å². The molecule has 4 N–H and O–H groups in total. The summed E-state index contributed by atoms with van der Waals surface area (Å²) >= 11 is 0. The Labute approximate surface area is 221 Å². The van der Waals surface area contributed by atoms with Crippen molar-refractivity contribution in [2.24, 2.45) is 0 Å². The third-order valence-corrected chi connectivity index (χ3v) is 6.53. The summed E-state index contributed by atoms with van der Waals surface area (Å²) in [5.41, 5.74) is 6.61. The van der Waals surface area contributed by atoms with Crippen molar-refractivity contribution in [3.8, 4) is 17.2 Å². The van der Waals surface area contributed by atoms with Crippen LogP contribution in [0.25, 0.3) is 10.8 Å². The lowest BCUT2D eigenvalue weighted by Crippen LogP contribution is -2.24. The first kappa shape index (κ1) is 28.2. The van der Waals surface area contributed by atoms with Crippen LogP contribution in [0.15, 0.2) is 54.6 Å². The number of nitrogens with one attached hydrogen (secondary N) is 1. The van der Waals surface area contributed by atoms with Gasteiger partial charge in [-0.2, -0.15) is 0 Å². The summed E-state index contributed by atoms with van der Waals surface area (Å²) in [5.74, 6) is 0.933. The third-order valence-electron chi connectivity index (χ3n) is 6.53. The third kappa shape index (κ3) is 9.19. The Morgan fingerprint density at radius 2 is 1.41 bits per heavy atom. The van der Waals surface area contributed by atoms with Crippen LogP contribution in [-0.2, 0) is 0 Å². The number of unbranched alkanes of at least 4 members (excludes halogenated alkanes) is 9. The van der Waals surface area contributed by atoms with Gasteiger partial charge in [-0.05, 0) is 36.8 Å². The van der Waals surface area contributed by atoms with E-state index in [2.05, 4.69) is 12.2 Å². The first-order valence-electron chi connectivity index (χ1n) is 13.7. The number of amides is 1. The molecule has 200 valence electrons.